The number of likely N-dealkylation sites (N-methyl/N-ethyl adjacent to an activating group) is 1. The molecule has 1 radical (unpaired) electrons. The normalized spacial score (nSPS) is 13.3. The van der Waals surface area contributed by atoms with Crippen molar-refractivity contribution in [2.45, 2.75) is 37.4 Å². The van der Waals surface area contributed by atoms with Crippen LogP contribution in [0.1, 0.15) is 19.3 Å². The van der Waals surface area contributed by atoms with Crippen molar-refractivity contribution in [3.8, 4) is 0 Å². The van der Waals surface area contributed by atoms with Crippen molar-refractivity contribution >= 4 is 35.4 Å². The minimum absolute atomic E-state index is 0.212. The fraction of sp³-hybridized carbons (Fsp3) is 0.588. The summed E-state index contributed by atoms with van der Waals surface area (Å²) >= 11 is 0. The molecule has 14 heteroatoms. The zero-order valence-electron chi connectivity index (χ0n) is 17.2. The summed E-state index contributed by atoms with van der Waals surface area (Å²) in [7, 11) is 1.16. The van der Waals surface area contributed by atoms with Crippen LogP contribution >= 0.6 is 0 Å². The van der Waals surface area contributed by atoms with Gasteiger partial charge in [-0.3, -0.25) is 29.4 Å². The molecule has 2 unspecified atom stereocenters. The lowest BCUT2D eigenvalue weighted by molar-refractivity contribution is -0.146. The first-order valence-corrected chi connectivity index (χ1v) is 9.26. The Labute approximate surface area is 179 Å². The Morgan fingerprint density at radius 2 is 1.77 bits per heavy atom. The Hall–Kier alpha value is -3.26. The molecular formula is C17H30N7O7. The molecule has 0 bridgehead atoms. The first kappa shape index (κ1) is 27.7. The van der Waals surface area contributed by atoms with Gasteiger partial charge in [-0.25, -0.2) is 0 Å². The second-order valence-corrected chi connectivity index (χ2v) is 6.64. The number of guanidine groups is 1. The van der Waals surface area contributed by atoms with E-state index in [9.17, 15) is 24.0 Å². The molecule has 0 aliphatic rings. The summed E-state index contributed by atoms with van der Waals surface area (Å²) in [4.78, 5) is 59.9. The number of Topliss-reactive ketones (excluding diaryl/α,β-unsaturated/α-hetero) is 1. The van der Waals surface area contributed by atoms with Crippen LogP contribution in [0.5, 0.6) is 0 Å². The van der Waals surface area contributed by atoms with Gasteiger partial charge in [-0.2, -0.15) is 0 Å². The molecule has 31 heavy (non-hydrogen) atoms. The molecule has 0 heterocycles. The van der Waals surface area contributed by atoms with E-state index in [1.807, 2.05) is 0 Å². The summed E-state index contributed by atoms with van der Waals surface area (Å²) < 4.78 is 0. The fourth-order valence-corrected chi connectivity index (χ4v) is 2.34. The summed E-state index contributed by atoms with van der Waals surface area (Å²) in [6.45, 7) is 2.12. The molecule has 0 aliphatic carbocycles. The number of nitrogens with one attached hydrogen (secondary N) is 4. The lowest BCUT2D eigenvalue weighted by Crippen LogP contribution is -2.55. The summed E-state index contributed by atoms with van der Waals surface area (Å²) in [5, 5.41) is 32.1. The Morgan fingerprint density at radius 3 is 2.26 bits per heavy atom. The van der Waals surface area contributed by atoms with Gasteiger partial charge in [0.1, 0.15) is 12.1 Å². The molecule has 175 valence electrons. The van der Waals surface area contributed by atoms with Gasteiger partial charge < -0.3 is 42.5 Å². The molecule has 0 saturated carbocycles. The largest absolute Gasteiger partial charge is 0.481 e. The molecule has 10 N–H and O–H groups in total. The molecule has 14 nitrogen and oxygen atoms in total. The van der Waals surface area contributed by atoms with E-state index in [1.165, 1.54) is 0 Å². The van der Waals surface area contributed by atoms with Crippen LogP contribution in [0.25, 0.3) is 0 Å². The maximum Gasteiger partial charge on any atom is 0.305 e. The van der Waals surface area contributed by atoms with Crippen LogP contribution in [0.4, 0.5) is 0 Å². The third kappa shape index (κ3) is 10.9. The lowest BCUT2D eigenvalue weighted by atomic mass is 10.1. The average Bonchev–Trinajstić information content (AvgIpc) is 2.69. The van der Waals surface area contributed by atoms with E-state index in [-0.39, 0.29) is 12.4 Å². The van der Waals surface area contributed by atoms with Crippen molar-refractivity contribution in [1.82, 2.24) is 20.9 Å². The molecule has 3 atom stereocenters. The van der Waals surface area contributed by atoms with Gasteiger partial charge >= 0.3 is 5.97 Å². The second-order valence-electron chi connectivity index (χ2n) is 6.64. The molecule has 0 saturated heterocycles. The van der Waals surface area contributed by atoms with Crippen LogP contribution in [-0.4, -0.2) is 95.4 Å². The highest BCUT2D eigenvalue weighted by Gasteiger charge is 2.31. The van der Waals surface area contributed by atoms with Crippen molar-refractivity contribution in [2.75, 3.05) is 26.7 Å². The van der Waals surface area contributed by atoms with Crippen LogP contribution in [0.15, 0.2) is 0 Å². The van der Waals surface area contributed by atoms with E-state index >= 15 is 0 Å². The van der Waals surface area contributed by atoms with Gasteiger partial charge in [0.05, 0.1) is 25.6 Å². The standard InChI is InChI=1S/C17H30N7O7/c1-9(26)11(8-25)23-16(31)12(6-14(28)29)24(2)13(27)7-22-15(30)10(18)4-3-5-21-17(19)20/h10-12,25H,1,3-8,18H2,2H3,(H,22,30)(H,23,31)(H,28,29)(H4,19,20,21)/t10?,11?,12-/m0/s1. The molecule has 0 fully saturated rings. The SMILES string of the molecule is [CH2]C(=O)C(CO)NC(=O)[C@H](CC(=O)O)N(C)C(=O)CNC(=O)C(N)CCCNC(=N)N. The van der Waals surface area contributed by atoms with Crippen LogP contribution < -0.4 is 27.4 Å². The number of carbonyl (C=O) groups is 5. The third-order valence-corrected chi connectivity index (χ3v) is 4.18. The Kier molecular flexibility index (Phi) is 12.4. The predicted molar refractivity (Wildman–Crippen MR) is 108 cm³/mol. The summed E-state index contributed by atoms with van der Waals surface area (Å²) in [5.74, 6) is -4.77. The maximum atomic E-state index is 12.3. The molecule has 0 rings (SSSR count). The van der Waals surface area contributed by atoms with E-state index in [1.54, 1.807) is 0 Å². The number of ketones is 1. The number of carboxylic acids is 1. The number of aliphatic hydroxyl groups is 1. The van der Waals surface area contributed by atoms with Gasteiger partial charge in [0.15, 0.2) is 11.7 Å². The minimum atomic E-state index is -1.50. The predicted octanol–water partition coefficient (Wildman–Crippen LogP) is -4.12. The van der Waals surface area contributed by atoms with E-state index in [0.29, 0.717) is 13.0 Å². The Bertz CT molecular complexity index is 686. The zero-order valence-corrected chi connectivity index (χ0v) is 17.2. The van der Waals surface area contributed by atoms with Gasteiger partial charge in [0.25, 0.3) is 0 Å². The van der Waals surface area contributed by atoms with Crippen molar-refractivity contribution in [1.29, 1.82) is 5.41 Å². The molecule has 0 aromatic rings. The highest BCUT2D eigenvalue weighted by Crippen LogP contribution is 2.05. The van der Waals surface area contributed by atoms with E-state index in [4.69, 9.17) is 27.1 Å². The second kappa shape index (κ2) is 13.9. The number of hydrogen-bond donors (Lipinski definition) is 8. The third-order valence-electron chi connectivity index (χ3n) is 4.18. The lowest BCUT2D eigenvalue weighted by Gasteiger charge is -2.27. The number of aliphatic carboxylic acids is 1. The summed E-state index contributed by atoms with van der Waals surface area (Å²) in [6.07, 6.45) is -0.0735. The zero-order chi connectivity index (χ0) is 24.1. The smallest absolute Gasteiger partial charge is 0.305 e. The number of aliphatic hydroxyl groups excluding tert-OH is 1. The minimum Gasteiger partial charge on any atom is -0.481 e. The summed E-state index contributed by atoms with van der Waals surface area (Å²) in [6, 6.07) is -3.78. The number of amides is 3. The number of rotatable bonds is 14. The van der Waals surface area contributed by atoms with Gasteiger partial charge in [0.2, 0.25) is 17.7 Å². The summed E-state index contributed by atoms with van der Waals surface area (Å²) in [5.41, 5.74) is 10.8. The molecule has 0 aromatic carbocycles. The molecule has 3 amide bonds. The maximum absolute atomic E-state index is 12.3. The Balaban J connectivity index is 4.85. The van der Waals surface area contributed by atoms with Crippen LogP contribution in [0.3, 0.4) is 0 Å². The quantitative estimate of drug-likeness (QED) is 0.0730. The molecule has 0 aliphatic heterocycles. The van der Waals surface area contributed by atoms with Gasteiger partial charge in [0, 0.05) is 20.5 Å². The average molecular weight is 444 g/mol. The van der Waals surface area contributed by atoms with Gasteiger partial charge in [-0.15, -0.1) is 0 Å². The number of hydrogen-bond acceptors (Lipinski definition) is 8. The fourth-order valence-electron chi connectivity index (χ4n) is 2.34. The number of carbonyl (C=O) groups excluding carboxylic acids is 4. The van der Waals surface area contributed by atoms with Crippen molar-refractivity contribution in [3.63, 3.8) is 0 Å². The molecular weight excluding hydrogens is 414 g/mol. The van der Waals surface area contributed by atoms with E-state index in [0.717, 1.165) is 11.9 Å². The van der Waals surface area contributed by atoms with Crippen LogP contribution in [0.2, 0.25) is 0 Å². The topological polar surface area (TPSA) is 241 Å². The monoisotopic (exact) mass is 444 g/mol. The van der Waals surface area contributed by atoms with Crippen LogP contribution in [0, 0.1) is 12.3 Å². The van der Waals surface area contributed by atoms with Gasteiger partial charge in [-0.05, 0) is 12.8 Å². The highest BCUT2D eigenvalue weighted by atomic mass is 16.4. The molecule has 0 aromatic heterocycles. The number of carboxylic acid groups (broad SMARTS) is 1. The Morgan fingerprint density at radius 1 is 1.16 bits per heavy atom. The van der Waals surface area contributed by atoms with Crippen molar-refractivity contribution in [3.05, 3.63) is 6.92 Å². The first-order valence-electron chi connectivity index (χ1n) is 9.26. The van der Waals surface area contributed by atoms with Gasteiger partial charge in [-0.1, -0.05) is 0 Å². The molecule has 0 spiro atoms. The van der Waals surface area contributed by atoms with Crippen LogP contribution in [-0.2, 0) is 24.0 Å². The highest BCUT2D eigenvalue weighted by molar-refractivity contribution is 5.96. The first-order chi connectivity index (χ1) is 14.4. The number of nitrogens with two attached hydrogens (primary N) is 2. The van der Waals surface area contributed by atoms with Crippen molar-refractivity contribution in [2.24, 2.45) is 11.5 Å². The van der Waals surface area contributed by atoms with E-state index in [2.05, 4.69) is 22.9 Å². The number of nitrogens with zero attached hydrogens (tertiary/aromatic N) is 1. The van der Waals surface area contributed by atoms with Crippen molar-refractivity contribution < 1.29 is 34.2 Å². The van der Waals surface area contributed by atoms with E-state index < -0.39 is 67.2 Å².